The van der Waals surface area contributed by atoms with Crippen LogP contribution in [0.1, 0.15) is 28.8 Å². The van der Waals surface area contributed by atoms with E-state index in [-0.39, 0.29) is 0 Å². The van der Waals surface area contributed by atoms with Crippen molar-refractivity contribution in [2.75, 3.05) is 47.0 Å². The molecule has 6 nitrogen and oxygen atoms in total. The predicted octanol–water partition coefficient (Wildman–Crippen LogP) is 3.66. The molecule has 1 saturated heterocycles. The second-order valence-corrected chi connectivity index (χ2v) is 9.09. The first-order valence-electron chi connectivity index (χ1n) is 11.1. The first-order chi connectivity index (χ1) is 15.2. The van der Waals surface area contributed by atoms with Gasteiger partial charge in [0.1, 0.15) is 12.4 Å². The molecular weight excluding hydrogens is 408 g/mol. The molecule has 2 N–H and O–H groups in total. The van der Waals surface area contributed by atoms with Gasteiger partial charge in [-0.3, -0.25) is 9.89 Å². The predicted molar refractivity (Wildman–Crippen MR) is 129 cm³/mol. The maximum atomic E-state index is 5.90. The number of ether oxygens (including phenoxy) is 2. The number of piperidine rings is 1. The van der Waals surface area contributed by atoms with Gasteiger partial charge in [-0.25, -0.2) is 0 Å². The normalized spacial score (nSPS) is 15.8. The van der Waals surface area contributed by atoms with E-state index in [0.29, 0.717) is 25.7 Å². The maximum absolute atomic E-state index is 5.90. The van der Waals surface area contributed by atoms with Crippen LogP contribution in [0.25, 0.3) is 0 Å². The summed E-state index contributed by atoms with van der Waals surface area (Å²) in [7, 11) is 3.51. The van der Waals surface area contributed by atoms with Gasteiger partial charge in [0.15, 0.2) is 5.96 Å². The Morgan fingerprint density at radius 2 is 2.03 bits per heavy atom. The van der Waals surface area contributed by atoms with E-state index in [2.05, 4.69) is 63.2 Å². The molecule has 0 unspecified atom stereocenters. The molecule has 1 aromatic carbocycles. The molecule has 0 atom stereocenters. The average molecular weight is 445 g/mol. The van der Waals surface area contributed by atoms with Crippen molar-refractivity contribution in [2.24, 2.45) is 10.9 Å². The highest BCUT2D eigenvalue weighted by Gasteiger charge is 2.19. The number of nitrogens with zero attached hydrogens (tertiary/aromatic N) is 2. The van der Waals surface area contributed by atoms with Crippen molar-refractivity contribution in [2.45, 2.75) is 32.9 Å². The number of hydrogen-bond acceptors (Lipinski definition) is 5. The Balaban J connectivity index is 1.41. The van der Waals surface area contributed by atoms with Gasteiger partial charge in [0.05, 0.1) is 6.61 Å². The summed E-state index contributed by atoms with van der Waals surface area (Å²) in [5.41, 5.74) is 2.30. The van der Waals surface area contributed by atoms with Gasteiger partial charge in [0, 0.05) is 44.2 Å². The fourth-order valence-corrected chi connectivity index (χ4v) is 4.54. The van der Waals surface area contributed by atoms with Crippen LogP contribution in [0.5, 0.6) is 5.75 Å². The maximum Gasteiger partial charge on any atom is 0.191 e. The molecule has 0 bridgehead atoms. The summed E-state index contributed by atoms with van der Waals surface area (Å²) in [6.45, 7) is 8.25. The molecule has 2 aromatic rings. The smallest absolute Gasteiger partial charge is 0.191 e. The molecule has 2 heterocycles. The third-order valence-electron chi connectivity index (χ3n) is 5.66. The molecule has 0 radical (unpaired) electrons. The Hall–Kier alpha value is -2.09. The van der Waals surface area contributed by atoms with Gasteiger partial charge in [-0.05, 0) is 61.8 Å². The minimum Gasteiger partial charge on any atom is -0.491 e. The van der Waals surface area contributed by atoms with Crippen LogP contribution in [0.2, 0.25) is 0 Å². The summed E-state index contributed by atoms with van der Waals surface area (Å²) in [5.74, 6) is 2.42. The average Bonchev–Trinajstić information content (AvgIpc) is 3.29. The van der Waals surface area contributed by atoms with Crippen molar-refractivity contribution in [1.82, 2.24) is 15.5 Å². The molecule has 0 amide bonds. The molecule has 31 heavy (non-hydrogen) atoms. The minimum atomic E-state index is 0.547. The van der Waals surface area contributed by atoms with Crippen LogP contribution >= 0.6 is 11.3 Å². The molecule has 7 heteroatoms. The number of hydrogen-bond donors (Lipinski definition) is 2. The standard InChI is InChI=1S/C24H36N4O2S/c1-19-6-7-21(23(15-19)30-13-12-29-3)17-27-24(25-2)26-16-20-8-10-28(11-9-20)18-22-5-4-14-31-22/h4-7,14-15,20H,8-13,16-18H2,1-3H3,(H2,25,26,27). The second kappa shape index (κ2) is 12.7. The van der Waals surface area contributed by atoms with E-state index in [0.717, 1.165) is 30.4 Å². The van der Waals surface area contributed by atoms with E-state index >= 15 is 0 Å². The summed E-state index contributed by atoms with van der Waals surface area (Å²) in [5, 5.41) is 9.11. The van der Waals surface area contributed by atoms with Gasteiger partial charge < -0.3 is 20.1 Å². The van der Waals surface area contributed by atoms with Crippen LogP contribution in [-0.2, 0) is 17.8 Å². The van der Waals surface area contributed by atoms with E-state index < -0.39 is 0 Å². The Labute approximate surface area is 190 Å². The highest BCUT2D eigenvalue weighted by atomic mass is 32.1. The monoisotopic (exact) mass is 444 g/mol. The number of rotatable bonds is 10. The topological polar surface area (TPSA) is 58.1 Å². The fourth-order valence-electron chi connectivity index (χ4n) is 3.79. The van der Waals surface area contributed by atoms with Crippen molar-refractivity contribution in [3.63, 3.8) is 0 Å². The summed E-state index contributed by atoms with van der Waals surface area (Å²) >= 11 is 1.85. The molecule has 170 valence electrons. The highest BCUT2D eigenvalue weighted by Crippen LogP contribution is 2.21. The Kier molecular flexibility index (Phi) is 9.65. The van der Waals surface area contributed by atoms with Gasteiger partial charge in [-0.15, -0.1) is 11.3 Å². The highest BCUT2D eigenvalue weighted by molar-refractivity contribution is 7.09. The number of methoxy groups -OCH3 is 1. The minimum absolute atomic E-state index is 0.547. The van der Waals surface area contributed by atoms with Crippen LogP contribution < -0.4 is 15.4 Å². The van der Waals surface area contributed by atoms with Crippen LogP contribution in [0.15, 0.2) is 40.7 Å². The zero-order valence-corrected chi connectivity index (χ0v) is 19.8. The van der Waals surface area contributed by atoms with Crippen molar-refractivity contribution in [1.29, 1.82) is 0 Å². The SMILES string of the molecule is CN=C(NCc1ccc(C)cc1OCCOC)NCC1CCN(Cc2cccs2)CC1. The number of thiophene rings is 1. The zero-order valence-electron chi connectivity index (χ0n) is 19.0. The fraction of sp³-hybridized carbons (Fsp3) is 0.542. The largest absolute Gasteiger partial charge is 0.491 e. The van der Waals surface area contributed by atoms with Gasteiger partial charge in [-0.1, -0.05) is 18.2 Å². The molecule has 1 fully saturated rings. The van der Waals surface area contributed by atoms with Crippen LogP contribution in [0, 0.1) is 12.8 Å². The van der Waals surface area contributed by atoms with Crippen molar-refractivity contribution >= 4 is 17.3 Å². The Bertz CT molecular complexity index is 802. The first kappa shape index (κ1) is 23.6. The molecule has 1 aliphatic heterocycles. The van der Waals surface area contributed by atoms with Gasteiger partial charge in [0.2, 0.25) is 0 Å². The quantitative estimate of drug-likeness (QED) is 0.333. The second-order valence-electron chi connectivity index (χ2n) is 8.06. The molecule has 0 aliphatic carbocycles. The number of nitrogens with one attached hydrogen (secondary N) is 2. The van der Waals surface area contributed by atoms with E-state index in [4.69, 9.17) is 9.47 Å². The van der Waals surface area contributed by atoms with Gasteiger partial charge in [0.25, 0.3) is 0 Å². The van der Waals surface area contributed by atoms with Crippen LogP contribution in [-0.4, -0.2) is 57.9 Å². The van der Waals surface area contributed by atoms with Crippen LogP contribution in [0.3, 0.4) is 0 Å². The van der Waals surface area contributed by atoms with Crippen molar-refractivity contribution < 1.29 is 9.47 Å². The lowest BCUT2D eigenvalue weighted by Gasteiger charge is -2.32. The number of likely N-dealkylation sites (tertiary alicyclic amines) is 1. The van der Waals surface area contributed by atoms with Crippen molar-refractivity contribution in [3.05, 3.63) is 51.7 Å². The Morgan fingerprint density at radius 3 is 2.74 bits per heavy atom. The molecule has 1 aromatic heterocycles. The lowest BCUT2D eigenvalue weighted by molar-refractivity contribution is 0.145. The summed E-state index contributed by atoms with van der Waals surface area (Å²) in [6.07, 6.45) is 2.45. The van der Waals surface area contributed by atoms with E-state index in [1.54, 1.807) is 7.11 Å². The van der Waals surface area contributed by atoms with Gasteiger partial charge in [-0.2, -0.15) is 0 Å². The van der Waals surface area contributed by atoms with E-state index in [1.165, 1.54) is 36.4 Å². The molecule has 0 spiro atoms. The van der Waals surface area contributed by atoms with Crippen LogP contribution in [0.4, 0.5) is 0 Å². The third-order valence-corrected chi connectivity index (χ3v) is 6.52. The van der Waals surface area contributed by atoms with E-state index in [1.807, 2.05) is 18.4 Å². The lowest BCUT2D eigenvalue weighted by atomic mass is 9.97. The van der Waals surface area contributed by atoms with Crippen molar-refractivity contribution in [3.8, 4) is 5.75 Å². The number of aliphatic imine (C=N–C) groups is 1. The molecule has 1 aliphatic rings. The summed E-state index contributed by atoms with van der Waals surface area (Å²) < 4.78 is 11.0. The van der Waals surface area contributed by atoms with Gasteiger partial charge >= 0.3 is 0 Å². The summed E-state index contributed by atoms with van der Waals surface area (Å²) in [6, 6.07) is 10.7. The third kappa shape index (κ3) is 7.83. The molecule has 0 saturated carbocycles. The molecular formula is C24H36N4O2S. The first-order valence-corrected chi connectivity index (χ1v) is 12.0. The van der Waals surface area contributed by atoms with E-state index in [9.17, 15) is 0 Å². The lowest BCUT2D eigenvalue weighted by Crippen LogP contribution is -2.42. The number of aryl methyl sites for hydroxylation is 1. The molecule has 3 rings (SSSR count). The summed E-state index contributed by atoms with van der Waals surface area (Å²) in [4.78, 5) is 8.43. The number of benzene rings is 1. The number of guanidine groups is 1. The Morgan fingerprint density at radius 1 is 1.19 bits per heavy atom. The zero-order chi connectivity index (χ0) is 21.9.